The Morgan fingerprint density at radius 1 is 1.27 bits per heavy atom. The molecule has 1 aromatic carbocycles. The largest absolute Gasteiger partial charge is 0.493 e. The molecule has 0 bridgehead atoms. The number of benzene rings is 1. The molecule has 0 aliphatic rings. The van der Waals surface area contributed by atoms with E-state index in [1.807, 2.05) is 24.4 Å². The molecular formula is C15H15F2NO3S. The fraction of sp³-hybridized carbons (Fsp3) is 0.267. The van der Waals surface area contributed by atoms with Gasteiger partial charge in [0.1, 0.15) is 0 Å². The van der Waals surface area contributed by atoms with Crippen LogP contribution in [0.4, 0.5) is 8.78 Å². The minimum absolute atomic E-state index is 0.0803. The Morgan fingerprint density at radius 3 is 2.64 bits per heavy atom. The van der Waals surface area contributed by atoms with Crippen LogP contribution in [0.1, 0.15) is 28.2 Å². The first kappa shape index (κ1) is 16.2. The van der Waals surface area contributed by atoms with E-state index in [0.29, 0.717) is 5.56 Å². The van der Waals surface area contributed by atoms with E-state index in [-0.39, 0.29) is 23.4 Å². The fourth-order valence-corrected chi connectivity index (χ4v) is 2.63. The molecule has 2 rings (SSSR count). The average Bonchev–Trinajstić information content (AvgIpc) is 3.01. The zero-order valence-corrected chi connectivity index (χ0v) is 12.8. The summed E-state index contributed by atoms with van der Waals surface area (Å²) in [5.74, 6) is -0.347. The van der Waals surface area contributed by atoms with Crippen molar-refractivity contribution in [2.45, 2.75) is 19.6 Å². The predicted molar refractivity (Wildman–Crippen MR) is 79.8 cm³/mol. The van der Waals surface area contributed by atoms with Crippen molar-refractivity contribution in [3.05, 3.63) is 46.2 Å². The summed E-state index contributed by atoms with van der Waals surface area (Å²) in [5.41, 5.74) is 0.307. The smallest absolute Gasteiger partial charge is 0.387 e. The lowest BCUT2D eigenvalue weighted by Gasteiger charge is -2.14. The van der Waals surface area contributed by atoms with Gasteiger partial charge in [0.15, 0.2) is 11.5 Å². The van der Waals surface area contributed by atoms with Crippen LogP contribution in [0, 0.1) is 0 Å². The predicted octanol–water partition coefficient (Wildman–Crippen LogP) is 3.85. The minimum Gasteiger partial charge on any atom is -0.493 e. The van der Waals surface area contributed by atoms with Crippen LogP contribution >= 0.6 is 11.3 Å². The quantitative estimate of drug-likeness (QED) is 0.877. The maximum absolute atomic E-state index is 12.3. The Kier molecular flexibility index (Phi) is 5.32. The molecule has 1 N–H and O–H groups in total. The van der Waals surface area contributed by atoms with Crippen molar-refractivity contribution in [3.63, 3.8) is 0 Å². The first-order valence-electron chi connectivity index (χ1n) is 6.48. The Labute approximate surface area is 130 Å². The number of nitrogens with one attached hydrogen (secondary N) is 1. The van der Waals surface area contributed by atoms with E-state index in [1.165, 1.54) is 25.3 Å². The SMILES string of the molecule is COc1cc(C(=O)N[C@H](C)c2cccs2)ccc1OC(F)F. The van der Waals surface area contributed by atoms with E-state index in [0.717, 1.165) is 4.88 Å². The highest BCUT2D eigenvalue weighted by molar-refractivity contribution is 7.10. The molecule has 0 radical (unpaired) electrons. The van der Waals surface area contributed by atoms with Crippen molar-refractivity contribution in [1.82, 2.24) is 5.32 Å². The van der Waals surface area contributed by atoms with Crippen LogP contribution < -0.4 is 14.8 Å². The summed E-state index contributed by atoms with van der Waals surface area (Å²) in [6.45, 7) is -1.08. The Hall–Kier alpha value is -2.15. The molecule has 0 saturated carbocycles. The molecule has 0 fully saturated rings. The second kappa shape index (κ2) is 7.22. The summed E-state index contributed by atoms with van der Waals surface area (Å²) < 4.78 is 33.8. The molecule has 0 aliphatic carbocycles. The summed E-state index contributed by atoms with van der Waals surface area (Å²) in [4.78, 5) is 13.2. The molecule has 22 heavy (non-hydrogen) atoms. The topological polar surface area (TPSA) is 47.6 Å². The molecule has 118 valence electrons. The fourth-order valence-electron chi connectivity index (χ4n) is 1.89. The molecule has 0 unspecified atom stereocenters. The zero-order valence-electron chi connectivity index (χ0n) is 12.0. The summed E-state index contributed by atoms with van der Waals surface area (Å²) in [7, 11) is 1.32. The van der Waals surface area contributed by atoms with Gasteiger partial charge in [-0.2, -0.15) is 8.78 Å². The first-order chi connectivity index (χ1) is 10.5. The number of ether oxygens (including phenoxy) is 2. The van der Waals surface area contributed by atoms with Crippen LogP contribution in [0.15, 0.2) is 35.7 Å². The van der Waals surface area contributed by atoms with Gasteiger partial charge in [0, 0.05) is 10.4 Å². The zero-order chi connectivity index (χ0) is 16.1. The third-order valence-electron chi connectivity index (χ3n) is 2.96. The van der Waals surface area contributed by atoms with Gasteiger partial charge >= 0.3 is 6.61 Å². The summed E-state index contributed by atoms with van der Waals surface area (Å²) in [6.07, 6.45) is 0. The van der Waals surface area contributed by atoms with Crippen molar-refractivity contribution in [1.29, 1.82) is 0 Å². The first-order valence-corrected chi connectivity index (χ1v) is 7.36. The molecular weight excluding hydrogens is 312 g/mol. The highest BCUT2D eigenvalue weighted by Crippen LogP contribution is 2.29. The van der Waals surface area contributed by atoms with Crippen LogP contribution in [-0.2, 0) is 0 Å². The third kappa shape index (κ3) is 3.94. The summed E-state index contributed by atoms with van der Waals surface area (Å²) in [5, 5.41) is 4.77. The van der Waals surface area contributed by atoms with Gasteiger partial charge in [-0.3, -0.25) is 4.79 Å². The van der Waals surface area contributed by atoms with Crippen LogP contribution in [-0.4, -0.2) is 19.6 Å². The highest BCUT2D eigenvalue weighted by Gasteiger charge is 2.16. The number of carbonyl (C=O) groups excluding carboxylic acids is 1. The molecule has 0 saturated heterocycles. The number of halogens is 2. The molecule has 2 aromatic rings. The molecule has 1 heterocycles. The molecule has 1 aromatic heterocycles. The number of amides is 1. The standard InChI is InChI=1S/C15H15F2NO3S/c1-9(13-4-3-7-22-13)18-14(19)10-5-6-11(21-15(16)17)12(8-10)20-2/h3-9,15H,1-2H3,(H,18,19)/t9-/m1/s1. The maximum Gasteiger partial charge on any atom is 0.387 e. The van der Waals surface area contributed by atoms with Crippen molar-refractivity contribution >= 4 is 17.2 Å². The van der Waals surface area contributed by atoms with E-state index < -0.39 is 6.61 Å². The van der Waals surface area contributed by atoms with Crippen LogP contribution in [0.25, 0.3) is 0 Å². The minimum atomic E-state index is -2.95. The molecule has 0 aliphatic heterocycles. The molecule has 1 atom stereocenters. The monoisotopic (exact) mass is 327 g/mol. The second-order valence-corrected chi connectivity index (χ2v) is 5.43. The molecule has 4 nitrogen and oxygen atoms in total. The lowest BCUT2D eigenvalue weighted by molar-refractivity contribution is -0.0512. The number of hydrogen-bond donors (Lipinski definition) is 1. The normalized spacial score (nSPS) is 12.0. The number of thiophene rings is 1. The molecule has 1 amide bonds. The van der Waals surface area contributed by atoms with Crippen LogP contribution in [0.2, 0.25) is 0 Å². The van der Waals surface area contributed by atoms with Crippen molar-refractivity contribution in [3.8, 4) is 11.5 Å². The Balaban J connectivity index is 2.12. The average molecular weight is 327 g/mol. The van der Waals surface area contributed by atoms with E-state index in [2.05, 4.69) is 10.1 Å². The second-order valence-electron chi connectivity index (χ2n) is 4.45. The van der Waals surface area contributed by atoms with Crippen LogP contribution in [0.3, 0.4) is 0 Å². The lowest BCUT2D eigenvalue weighted by Crippen LogP contribution is -2.26. The van der Waals surface area contributed by atoms with Crippen LogP contribution in [0.5, 0.6) is 11.5 Å². The van der Waals surface area contributed by atoms with Crippen molar-refractivity contribution in [2.24, 2.45) is 0 Å². The summed E-state index contributed by atoms with van der Waals surface area (Å²) in [6, 6.07) is 7.76. The molecule has 0 spiro atoms. The highest BCUT2D eigenvalue weighted by atomic mass is 32.1. The number of carbonyl (C=O) groups is 1. The number of alkyl halides is 2. The number of methoxy groups -OCH3 is 1. The van der Waals surface area contributed by atoms with Gasteiger partial charge in [-0.05, 0) is 36.6 Å². The third-order valence-corrected chi connectivity index (χ3v) is 4.01. The van der Waals surface area contributed by atoms with Gasteiger partial charge in [-0.1, -0.05) is 6.07 Å². The Morgan fingerprint density at radius 2 is 2.05 bits per heavy atom. The number of rotatable bonds is 6. The van der Waals surface area contributed by atoms with E-state index in [4.69, 9.17) is 4.74 Å². The van der Waals surface area contributed by atoms with E-state index >= 15 is 0 Å². The van der Waals surface area contributed by atoms with Crippen molar-refractivity contribution < 1.29 is 23.0 Å². The van der Waals surface area contributed by atoms with Gasteiger partial charge in [0.2, 0.25) is 0 Å². The van der Waals surface area contributed by atoms with E-state index in [1.54, 1.807) is 11.3 Å². The van der Waals surface area contributed by atoms with Gasteiger partial charge < -0.3 is 14.8 Å². The molecule has 7 heteroatoms. The van der Waals surface area contributed by atoms with E-state index in [9.17, 15) is 13.6 Å². The number of hydrogen-bond acceptors (Lipinski definition) is 4. The van der Waals surface area contributed by atoms with Gasteiger partial charge in [-0.25, -0.2) is 0 Å². The lowest BCUT2D eigenvalue weighted by atomic mass is 10.1. The van der Waals surface area contributed by atoms with Gasteiger partial charge in [0.25, 0.3) is 5.91 Å². The Bertz CT molecular complexity index is 632. The summed E-state index contributed by atoms with van der Waals surface area (Å²) >= 11 is 1.54. The van der Waals surface area contributed by atoms with Gasteiger partial charge in [-0.15, -0.1) is 11.3 Å². The van der Waals surface area contributed by atoms with Crippen molar-refractivity contribution in [2.75, 3.05) is 7.11 Å². The maximum atomic E-state index is 12.3. The van der Waals surface area contributed by atoms with Gasteiger partial charge in [0.05, 0.1) is 13.2 Å².